The zero-order valence-corrected chi connectivity index (χ0v) is 13.2. The Bertz CT molecular complexity index is 764. The molecule has 0 aliphatic heterocycles. The number of para-hydroxylation sites is 1. The Hall–Kier alpha value is -2.96. The lowest BCUT2D eigenvalue weighted by Crippen LogP contribution is -2.29. The lowest BCUT2D eigenvalue weighted by atomic mass is 10.1. The molecule has 0 aliphatic carbocycles. The Balaban J connectivity index is 2.20. The largest absolute Gasteiger partial charge is 0.345 e. The number of amides is 2. The minimum Gasteiger partial charge on any atom is -0.345 e. The summed E-state index contributed by atoms with van der Waals surface area (Å²) in [4.78, 5) is 35.4. The lowest BCUT2D eigenvalue weighted by molar-refractivity contribution is -0.116. The fraction of sp³-hybridized carbons (Fsp3) is 0.250. The number of aryl methyl sites for hydroxylation is 2. The summed E-state index contributed by atoms with van der Waals surface area (Å²) in [6, 6.07) is 8.27. The predicted molar refractivity (Wildman–Crippen MR) is 85.4 cm³/mol. The summed E-state index contributed by atoms with van der Waals surface area (Å²) in [5.41, 5.74) is 1.78. The van der Waals surface area contributed by atoms with Gasteiger partial charge >= 0.3 is 0 Å². The van der Waals surface area contributed by atoms with E-state index in [2.05, 4.69) is 15.7 Å². The van der Waals surface area contributed by atoms with Gasteiger partial charge in [-0.3, -0.25) is 19.1 Å². The molecule has 7 nitrogen and oxygen atoms in total. The summed E-state index contributed by atoms with van der Waals surface area (Å²) in [7, 11) is 1.67. The van der Waals surface area contributed by atoms with Crippen LogP contribution in [0.4, 0.5) is 5.69 Å². The second-order valence-corrected chi connectivity index (χ2v) is 5.18. The number of aromatic nitrogens is 2. The maximum atomic E-state index is 12.3. The molecule has 120 valence electrons. The summed E-state index contributed by atoms with van der Waals surface area (Å²) < 4.78 is 1.48. The molecule has 0 fully saturated rings. The molecule has 0 spiro atoms. The zero-order chi connectivity index (χ0) is 17.0. The monoisotopic (exact) mass is 314 g/mol. The van der Waals surface area contributed by atoms with Crippen LogP contribution in [0.1, 0.15) is 33.5 Å². The number of nitrogens with zero attached hydrogens (tertiary/aromatic N) is 2. The highest BCUT2D eigenvalue weighted by Gasteiger charge is 2.16. The minimum atomic E-state index is -0.419. The number of nitrogens with one attached hydrogen (secondary N) is 2. The number of rotatable bonds is 5. The molecule has 2 aromatic rings. The number of anilines is 1. The first-order valence-electron chi connectivity index (χ1n) is 7.07. The number of hydrogen-bond donors (Lipinski definition) is 2. The molecule has 2 rings (SSSR count). The molecule has 0 saturated carbocycles. The second kappa shape index (κ2) is 6.87. The molecule has 0 saturated heterocycles. The Kier molecular flexibility index (Phi) is 4.90. The number of Topliss-reactive ketones (excluding diaryl/α,β-unsaturated/α-hetero) is 1. The van der Waals surface area contributed by atoms with Crippen LogP contribution in [-0.2, 0) is 11.8 Å². The molecular formula is C16H18N4O3. The van der Waals surface area contributed by atoms with Crippen molar-refractivity contribution in [2.24, 2.45) is 7.05 Å². The van der Waals surface area contributed by atoms with E-state index in [1.165, 1.54) is 11.6 Å². The highest BCUT2D eigenvalue weighted by atomic mass is 16.2. The summed E-state index contributed by atoms with van der Waals surface area (Å²) in [5.74, 6) is -0.928. The topological polar surface area (TPSA) is 93.1 Å². The van der Waals surface area contributed by atoms with Crippen molar-refractivity contribution in [3.8, 4) is 0 Å². The van der Waals surface area contributed by atoms with E-state index in [1.807, 2.05) is 0 Å². The van der Waals surface area contributed by atoms with Crippen molar-refractivity contribution < 1.29 is 14.4 Å². The Morgan fingerprint density at radius 2 is 1.87 bits per heavy atom. The van der Waals surface area contributed by atoms with Crippen LogP contribution in [0.2, 0.25) is 0 Å². The average Bonchev–Trinajstić information content (AvgIpc) is 2.84. The second-order valence-electron chi connectivity index (χ2n) is 5.18. The van der Waals surface area contributed by atoms with Gasteiger partial charge in [0.1, 0.15) is 11.5 Å². The Morgan fingerprint density at radius 1 is 1.17 bits per heavy atom. The van der Waals surface area contributed by atoms with E-state index in [9.17, 15) is 14.4 Å². The number of benzene rings is 1. The highest BCUT2D eigenvalue weighted by Crippen LogP contribution is 2.16. The fourth-order valence-corrected chi connectivity index (χ4v) is 2.10. The van der Waals surface area contributed by atoms with E-state index in [4.69, 9.17) is 0 Å². The van der Waals surface area contributed by atoms with Crippen molar-refractivity contribution in [3.63, 3.8) is 0 Å². The summed E-state index contributed by atoms with van der Waals surface area (Å²) in [6.45, 7) is 3.13. The smallest absolute Gasteiger partial charge is 0.273 e. The number of ketones is 1. The van der Waals surface area contributed by atoms with Crippen LogP contribution < -0.4 is 10.6 Å². The molecule has 1 heterocycles. The molecule has 1 aromatic heterocycles. The van der Waals surface area contributed by atoms with Crippen molar-refractivity contribution in [1.82, 2.24) is 15.1 Å². The Morgan fingerprint density at radius 3 is 2.48 bits per heavy atom. The van der Waals surface area contributed by atoms with Gasteiger partial charge in [0, 0.05) is 7.05 Å². The van der Waals surface area contributed by atoms with Crippen molar-refractivity contribution >= 4 is 23.3 Å². The van der Waals surface area contributed by atoms with E-state index < -0.39 is 5.91 Å². The molecule has 7 heteroatoms. The van der Waals surface area contributed by atoms with Crippen molar-refractivity contribution in [1.29, 1.82) is 0 Å². The van der Waals surface area contributed by atoms with Gasteiger partial charge in [0.15, 0.2) is 0 Å². The lowest BCUT2D eigenvalue weighted by Gasteiger charge is -2.11. The standard InChI is InChI=1S/C16H18N4O3/c1-10-8-14(20(3)19-10)16(23)18-13-7-5-4-6-12(13)15(22)17-9-11(2)21/h4-8H,9H2,1-3H3,(H,17,22)(H,18,23). The van der Waals surface area contributed by atoms with Gasteiger partial charge in [-0.1, -0.05) is 12.1 Å². The number of carbonyl (C=O) groups is 3. The third kappa shape index (κ3) is 4.03. The van der Waals surface area contributed by atoms with Crippen LogP contribution in [-0.4, -0.2) is 33.9 Å². The Labute approximate surface area is 133 Å². The van der Waals surface area contributed by atoms with Gasteiger partial charge in [-0.2, -0.15) is 5.10 Å². The highest BCUT2D eigenvalue weighted by molar-refractivity contribution is 6.08. The van der Waals surface area contributed by atoms with Crippen LogP contribution in [0.3, 0.4) is 0 Å². The minimum absolute atomic E-state index is 0.0535. The first-order valence-corrected chi connectivity index (χ1v) is 7.07. The third-order valence-electron chi connectivity index (χ3n) is 3.15. The third-order valence-corrected chi connectivity index (χ3v) is 3.15. The van der Waals surface area contributed by atoms with Crippen LogP contribution in [0.15, 0.2) is 30.3 Å². The van der Waals surface area contributed by atoms with Crippen LogP contribution in [0.5, 0.6) is 0 Å². The van der Waals surface area contributed by atoms with Crippen LogP contribution in [0.25, 0.3) is 0 Å². The van der Waals surface area contributed by atoms with Crippen molar-refractivity contribution in [2.75, 3.05) is 11.9 Å². The average molecular weight is 314 g/mol. The van der Waals surface area contributed by atoms with Gasteiger partial charge in [0.2, 0.25) is 0 Å². The van der Waals surface area contributed by atoms with E-state index >= 15 is 0 Å². The first kappa shape index (κ1) is 16.4. The fourth-order valence-electron chi connectivity index (χ4n) is 2.10. The number of carbonyl (C=O) groups excluding carboxylic acids is 3. The van der Waals surface area contributed by atoms with E-state index in [0.717, 1.165) is 5.69 Å². The molecule has 0 aliphatic rings. The molecule has 2 amide bonds. The molecule has 0 atom stereocenters. The summed E-state index contributed by atoms with van der Waals surface area (Å²) >= 11 is 0. The van der Waals surface area contributed by atoms with Crippen LogP contribution in [0, 0.1) is 6.92 Å². The first-order chi connectivity index (χ1) is 10.9. The molecule has 0 radical (unpaired) electrons. The molecule has 23 heavy (non-hydrogen) atoms. The molecule has 2 N–H and O–H groups in total. The van der Waals surface area contributed by atoms with E-state index in [1.54, 1.807) is 44.3 Å². The maximum Gasteiger partial charge on any atom is 0.273 e. The zero-order valence-electron chi connectivity index (χ0n) is 13.2. The normalized spacial score (nSPS) is 10.2. The van der Waals surface area contributed by atoms with Crippen molar-refractivity contribution in [3.05, 3.63) is 47.3 Å². The van der Waals surface area contributed by atoms with Gasteiger partial charge < -0.3 is 10.6 Å². The molecule has 1 aromatic carbocycles. The van der Waals surface area contributed by atoms with Gasteiger partial charge in [-0.05, 0) is 32.0 Å². The summed E-state index contributed by atoms with van der Waals surface area (Å²) in [5, 5.41) is 9.33. The van der Waals surface area contributed by atoms with Gasteiger partial charge in [-0.15, -0.1) is 0 Å². The molecule has 0 unspecified atom stereocenters. The van der Waals surface area contributed by atoms with E-state index in [-0.39, 0.29) is 18.2 Å². The predicted octanol–water partition coefficient (Wildman–Crippen LogP) is 1.30. The molecular weight excluding hydrogens is 296 g/mol. The van der Waals surface area contributed by atoms with E-state index in [0.29, 0.717) is 16.9 Å². The van der Waals surface area contributed by atoms with Gasteiger partial charge in [0.25, 0.3) is 11.8 Å². The van der Waals surface area contributed by atoms with Crippen LogP contribution >= 0.6 is 0 Å². The van der Waals surface area contributed by atoms with Crippen molar-refractivity contribution in [2.45, 2.75) is 13.8 Å². The SMILES string of the molecule is CC(=O)CNC(=O)c1ccccc1NC(=O)c1cc(C)nn1C. The summed E-state index contributed by atoms with van der Waals surface area (Å²) in [6.07, 6.45) is 0. The van der Waals surface area contributed by atoms with Gasteiger partial charge in [-0.25, -0.2) is 0 Å². The maximum absolute atomic E-state index is 12.3. The van der Waals surface area contributed by atoms with Gasteiger partial charge in [0.05, 0.1) is 23.5 Å². The number of hydrogen-bond acceptors (Lipinski definition) is 4. The quantitative estimate of drug-likeness (QED) is 0.870. The molecule has 0 bridgehead atoms.